The Hall–Kier alpha value is -1.78. The number of benzene rings is 1. The van der Waals surface area contributed by atoms with E-state index in [9.17, 15) is 0 Å². The normalized spacial score (nSPS) is 10.3. The van der Waals surface area contributed by atoms with Gasteiger partial charge in [-0.15, -0.1) is 0 Å². The second-order valence-electron chi connectivity index (χ2n) is 4.10. The van der Waals surface area contributed by atoms with Crippen molar-refractivity contribution < 1.29 is 4.74 Å². The monoisotopic (exact) mass is 309 g/mol. The summed E-state index contributed by atoms with van der Waals surface area (Å²) in [4.78, 5) is 4.06. The average molecular weight is 310 g/mol. The molecule has 0 aliphatic heterocycles. The highest BCUT2D eigenvalue weighted by molar-refractivity contribution is 6.35. The van der Waals surface area contributed by atoms with E-state index in [1.54, 1.807) is 18.2 Å². The van der Waals surface area contributed by atoms with Crippen LogP contribution in [0.15, 0.2) is 30.5 Å². The maximum absolute atomic E-state index is 7.44. The number of nitrogens with one attached hydrogen (secondary N) is 1. The van der Waals surface area contributed by atoms with Gasteiger partial charge in [0.2, 0.25) is 5.88 Å². The van der Waals surface area contributed by atoms with E-state index in [4.69, 9.17) is 39.1 Å². The quantitative estimate of drug-likeness (QED) is 0.661. The van der Waals surface area contributed by atoms with Crippen LogP contribution in [0.3, 0.4) is 0 Å². The minimum atomic E-state index is -0.132. The Morgan fingerprint density at radius 2 is 2.10 bits per heavy atom. The van der Waals surface area contributed by atoms with Gasteiger partial charge in [0.1, 0.15) is 16.6 Å². The van der Waals surface area contributed by atoms with Crippen LogP contribution in [0.4, 0.5) is 0 Å². The molecule has 104 valence electrons. The lowest BCUT2D eigenvalue weighted by molar-refractivity contribution is 0.462. The second kappa shape index (κ2) is 6.11. The van der Waals surface area contributed by atoms with E-state index in [-0.39, 0.29) is 16.7 Å². The summed E-state index contributed by atoms with van der Waals surface area (Å²) in [6.45, 7) is 2.01. The molecule has 1 aromatic carbocycles. The van der Waals surface area contributed by atoms with Crippen LogP contribution in [0, 0.1) is 5.41 Å². The predicted molar refractivity (Wildman–Crippen MR) is 81.2 cm³/mol. The summed E-state index contributed by atoms with van der Waals surface area (Å²) in [5, 5.41) is 8.34. The number of ether oxygens (including phenoxy) is 1. The SMILES string of the molecule is CCc1cc(Oc2nccc(C(=N)N)c2Cl)ccc1Cl. The van der Waals surface area contributed by atoms with Gasteiger partial charge in [-0.05, 0) is 36.2 Å². The van der Waals surface area contributed by atoms with E-state index in [1.807, 2.05) is 13.0 Å². The van der Waals surface area contributed by atoms with Gasteiger partial charge in [-0.3, -0.25) is 5.41 Å². The number of halogens is 2. The van der Waals surface area contributed by atoms with Crippen LogP contribution in [-0.2, 0) is 6.42 Å². The van der Waals surface area contributed by atoms with Gasteiger partial charge in [0.15, 0.2) is 0 Å². The van der Waals surface area contributed by atoms with E-state index < -0.39 is 0 Å². The van der Waals surface area contributed by atoms with Crippen molar-refractivity contribution in [2.75, 3.05) is 0 Å². The van der Waals surface area contributed by atoms with Crippen molar-refractivity contribution >= 4 is 29.0 Å². The Bertz CT molecular complexity index is 659. The molecule has 4 nitrogen and oxygen atoms in total. The second-order valence-corrected chi connectivity index (χ2v) is 4.89. The van der Waals surface area contributed by atoms with Gasteiger partial charge in [0.05, 0.1) is 0 Å². The van der Waals surface area contributed by atoms with Crippen LogP contribution < -0.4 is 10.5 Å². The molecule has 0 aliphatic carbocycles. The number of aromatic nitrogens is 1. The summed E-state index contributed by atoms with van der Waals surface area (Å²) in [6, 6.07) is 6.90. The molecular weight excluding hydrogens is 297 g/mol. The third-order valence-electron chi connectivity index (χ3n) is 2.76. The largest absolute Gasteiger partial charge is 0.438 e. The number of nitrogen functional groups attached to an aromatic ring is 1. The maximum Gasteiger partial charge on any atom is 0.238 e. The molecule has 20 heavy (non-hydrogen) atoms. The topological polar surface area (TPSA) is 72.0 Å². The van der Waals surface area contributed by atoms with E-state index in [0.29, 0.717) is 16.3 Å². The van der Waals surface area contributed by atoms with Crippen molar-refractivity contribution in [3.8, 4) is 11.6 Å². The molecule has 0 bridgehead atoms. The molecular formula is C14H13Cl2N3O. The van der Waals surface area contributed by atoms with Crippen molar-refractivity contribution in [2.24, 2.45) is 5.73 Å². The Labute approximate surface area is 127 Å². The van der Waals surface area contributed by atoms with E-state index in [2.05, 4.69) is 4.98 Å². The van der Waals surface area contributed by atoms with E-state index >= 15 is 0 Å². The van der Waals surface area contributed by atoms with Crippen molar-refractivity contribution in [1.29, 1.82) is 5.41 Å². The third-order valence-corrected chi connectivity index (χ3v) is 3.49. The number of amidine groups is 1. The minimum absolute atomic E-state index is 0.132. The first-order valence-corrected chi connectivity index (χ1v) is 6.73. The number of nitrogens with two attached hydrogens (primary N) is 1. The van der Waals surface area contributed by atoms with Gasteiger partial charge in [-0.2, -0.15) is 0 Å². The van der Waals surface area contributed by atoms with Crippen molar-refractivity contribution in [2.45, 2.75) is 13.3 Å². The fraction of sp³-hybridized carbons (Fsp3) is 0.143. The molecule has 0 saturated carbocycles. The first kappa shape index (κ1) is 14.6. The molecule has 3 N–H and O–H groups in total. The Kier molecular flexibility index (Phi) is 4.47. The molecule has 1 heterocycles. The Morgan fingerprint density at radius 1 is 1.35 bits per heavy atom. The highest BCUT2D eigenvalue weighted by Crippen LogP contribution is 2.31. The van der Waals surface area contributed by atoms with Gasteiger partial charge in [-0.1, -0.05) is 30.1 Å². The van der Waals surface area contributed by atoms with E-state index in [0.717, 1.165) is 12.0 Å². The Balaban J connectivity index is 2.35. The van der Waals surface area contributed by atoms with Crippen LogP contribution in [0.2, 0.25) is 10.0 Å². The van der Waals surface area contributed by atoms with Crippen molar-refractivity contribution in [3.63, 3.8) is 0 Å². The molecule has 0 aliphatic rings. The third kappa shape index (κ3) is 3.03. The molecule has 0 radical (unpaired) electrons. The highest BCUT2D eigenvalue weighted by Gasteiger charge is 2.12. The predicted octanol–water partition coefficient (Wildman–Crippen LogP) is 4.03. The van der Waals surface area contributed by atoms with Crippen molar-refractivity contribution in [3.05, 3.63) is 51.6 Å². The molecule has 0 unspecified atom stereocenters. The zero-order chi connectivity index (χ0) is 14.7. The first-order chi connectivity index (χ1) is 9.52. The zero-order valence-corrected chi connectivity index (χ0v) is 12.3. The van der Waals surface area contributed by atoms with Gasteiger partial charge in [0.25, 0.3) is 0 Å². The molecule has 0 atom stereocenters. The lowest BCUT2D eigenvalue weighted by Crippen LogP contribution is -2.12. The lowest BCUT2D eigenvalue weighted by atomic mass is 10.1. The van der Waals surface area contributed by atoms with Gasteiger partial charge < -0.3 is 10.5 Å². The zero-order valence-electron chi connectivity index (χ0n) is 10.8. The fourth-order valence-corrected chi connectivity index (χ4v) is 2.20. The molecule has 0 fully saturated rings. The molecule has 2 aromatic rings. The Morgan fingerprint density at radius 3 is 2.75 bits per heavy atom. The summed E-state index contributed by atoms with van der Waals surface area (Å²) in [6.07, 6.45) is 2.29. The number of pyridine rings is 1. The molecule has 0 spiro atoms. The van der Waals surface area contributed by atoms with Crippen LogP contribution in [0.5, 0.6) is 11.6 Å². The van der Waals surface area contributed by atoms with Gasteiger partial charge in [-0.25, -0.2) is 4.98 Å². The number of nitrogens with zero attached hydrogens (tertiary/aromatic N) is 1. The fourth-order valence-electron chi connectivity index (χ4n) is 1.70. The number of hydrogen-bond acceptors (Lipinski definition) is 3. The summed E-state index contributed by atoms with van der Waals surface area (Å²) in [5.41, 5.74) is 6.81. The number of hydrogen-bond donors (Lipinski definition) is 2. The molecule has 1 aromatic heterocycles. The van der Waals surface area contributed by atoms with Crippen LogP contribution in [0.1, 0.15) is 18.1 Å². The van der Waals surface area contributed by atoms with Gasteiger partial charge >= 0.3 is 0 Å². The smallest absolute Gasteiger partial charge is 0.238 e. The highest BCUT2D eigenvalue weighted by atomic mass is 35.5. The lowest BCUT2D eigenvalue weighted by Gasteiger charge is -2.10. The summed E-state index contributed by atoms with van der Waals surface area (Å²) >= 11 is 12.2. The van der Waals surface area contributed by atoms with Crippen LogP contribution in [-0.4, -0.2) is 10.8 Å². The average Bonchev–Trinajstić information content (AvgIpc) is 2.42. The molecule has 6 heteroatoms. The molecule has 0 saturated heterocycles. The van der Waals surface area contributed by atoms with E-state index in [1.165, 1.54) is 6.20 Å². The van der Waals surface area contributed by atoms with Crippen LogP contribution in [0.25, 0.3) is 0 Å². The van der Waals surface area contributed by atoms with Gasteiger partial charge in [0, 0.05) is 16.8 Å². The number of rotatable bonds is 4. The minimum Gasteiger partial charge on any atom is -0.438 e. The standard InChI is InChI=1S/C14H13Cl2N3O/c1-2-8-7-9(3-4-11(8)15)20-14-12(16)10(13(17)18)5-6-19-14/h3-7H,2H2,1H3,(H3,17,18). The number of aryl methyl sites for hydroxylation is 1. The molecule has 2 rings (SSSR count). The molecule has 0 amide bonds. The summed E-state index contributed by atoms with van der Waals surface area (Å²) in [5.74, 6) is 0.665. The summed E-state index contributed by atoms with van der Waals surface area (Å²) in [7, 11) is 0. The first-order valence-electron chi connectivity index (χ1n) is 5.98. The van der Waals surface area contributed by atoms with Crippen molar-refractivity contribution in [1.82, 2.24) is 4.98 Å². The summed E-state index contributed by atoms with van der Waals surface area (Å²) < 4.78 is 5.64. The van der Waals surface area contributed by atoms with Crippen LogP contribution >= 0.6 is 23.2 Å². The maximum atomic E-state index is 7.44.